The third-order valence-electron chi connectivity index (χ3n) is 4.70. The molecule has 0 spiro atoms. The van der Waals surface area contributed by atoms with Crippen molar-refractivity contribution in [1.29, 1.82) is 0 Å². The van der Waals surface area contributed by atoms with Crippen LogP contribution >= 0.6 is 0 Å². The molecule has 2 aromatic heterocycles. The van der Waals surface area contributed by atoms with Crippen molar-refractivity contribution in [2.75, 3.05) is 0 Å². The van der Waals surface area contributed by atoms with Crippen LogP contribution < -0.4 is 5.32 Å². The summed E-state index contributed by atoms with van der Waals surface area (Å²) < 4.78 is 11.0. The Morgan fingerprint density at radius 2 is 1.96 bits per heavy atom. The fourth-order valence-electron chi connectivity index (χ4n) is 3.39. The molecule has 0 saturated carbocycles. The highest BCUT2D eigenvalue weighted by Gasteiger charge is 2.15. The summed E-state index contributed by atoms with van der Waals surface area (Å²) in [5, 5.41) is 6.37. The number of carbonyl (C=O) groups excluding carboxylic acids is 1. The van der Waals surface area contributed by atoms with Gasteiger partial charge >= 0.3 is 0 Å². The molecule has 0 unspecified atom stereocenters. The van der Waals surface area contributed by atoms with Crippen molar-refractivity contribution in [2.24, 2.45) is 0 Å². The Morgan fingerprint density at radius 1 is 1.08 bits per heavy atom. The van der Waals surface area contributed by atoms with E-state index in [0.717, 1.165) is 45.9 Å². The molecule has 4 nitrogen and oxygen atoms in total. The SMILES string of the molecule is C[C@H](CCc1ccco1)NC(=O)Cc1coc2ccc3ccccc3c12. The van der Waals surface area contributed by atoms with E-state index in [-0.39, 0.29) is 11.9 Å². The minimum Gasteiger partial charge on any atom is -0.469 e. The van der Waals surface area contributed by atoms with Crippen molar-refractivity contribution in [2.45, 2.75) is 32.2 Å². The summed E-state index contributed by atoms with van der Waals surface area (Å²) in [6.45, 7) is 2.02. The van der Waals surface area contributed by atoms with Gasteiger partial charge in [-0.05, 0) is 42.3 Å². The number of benzene rings is 2. The second-order valence-electron chi connectivity index (χ2n) is 6.68. The van der Waals surface area contributed by atoms with Crippen molar-refractivity contribution < 1.29 is 13.6 Å². The molecule has 4 heteroatoms. The number of hydrogen-bond acceptors (Lipinski definition) is 3. The molecule has 26 heavy (non-hydrogen) atoms. The monoisotopic (exact) mass is 347 g/mol. The Labute approximate surface area is 151 Å². The average molecular weight is 347 g/mol. The minimum absolute atomic E-state index is 0.00702. The third-order valence-corrected chi connectivity index (χ3v) is 4.70. The van der Waals surface area contributed by atoms with Crippen molar-refractivity contribution >= 4 is 27.6 Å². The second kappa shape index (κ2) is 7.08. The van der Waals surface area contributed by atoms with Crippen molar-refractivity contribution in [1.82, 2.24) is 5.32 Å². The molecule has 132 valence electrons. The van der Waals surface area contributed by atoms with E-state index in [1.54, 1.807) is 12.5 Å². The van der Waals surface area contributed by atoms with Crippen LogP contribution in [0.25, 0.3) is 21.7 Å². The molecule has 0 aliphatic carbocycles. The number of nitrogens with one attached hydrogen (secondary N) is 1. The van der Waals surface area contributed by atoms with Gasteiger partial charge in [0, 0.05) is 23.4 Å². The summed E-state index contributed by atoms with van der Waals surface area (Å²) in [5.74, 6) is 0.950. The van der Waals surface area contributed by atoms with E-state index in [1.807, 2.05) is 43.3 Å². The third kappa shape index (κ3) is 3.36. The molecule has 1 amide bonds. The number of carbonyl (C=O) groups is 1. The highest BCUT2D eigenvalue weighted by molar-refractivity contribution is 6.08. The van der Waals surface area contributed by atoms with E-state index in [4.69, 9.17) is 8.83 Å². The fraction of sp³-hybridized carbons (Fsp3) is 0.227. The lowest BCUT2D eigenvalue weighted by molar-refractivity contribution is -0.121. The first kappa shape index (κ1) is 16.5. The number of aryl methyl sites for hydroxylation is 1. The summed E-state index contributed by atoms with van der Waals surface area (Å²) in [5.41, 5.74) is 1.74. The van der Waals surface area contributed by atoms with Crippen LogP contribution in [0.15, 0.2) is 69.9 Å². The summed E-state index contributed by atoms with van der Waals surface area (Å²) >= 11 is 0. The van der Waals surface area contributed by atoms with E-state index < -0.39 is 0 Å². The number of furan rings is 2. The van der Waals surface area contributed by atoms with Gasteiger partial charge in [-0.3, -0.25) is 4.79 Å². The smallest absolute Gasteiger partial charge is 0.224 e. The van der Waals surface area contributed by atoms with Crippen LogP contribution in [0.3, 0.4) is 0 Å². The Kier molecular flexibility index (Phi) is 4.48. The van der Waals surface area contributed by atoms with Gasteiger partial charge in [0.1, 0.15) is 11.3 Å². The molecule has 4 aromatic rings. The van der Waals surface area contributed by atoms with Crippen molar-refractivity contribution in [3.8, 4) is 0 Å². The molecular formula is C22H21NO3. The van der Waals surface area contributed by atoms with Crippen LogP contribution in [0.2, 0.25) is 0 Å². The zero-order valence-electron chi connectivity index (χ0n) is 14.7. The lowest BCUT2D eigenvalue weighted by Crippen LogP contribution is -2.33. The summed E-state index contributed by atoms with van der Waals surface area (Å²) in [4.78, 5) is 12.5. The van der Waals surface area contributed by atoms with Crippen LogP contribution in [0, 0.1) is 0 Å². The van der Waals surface area contributed by atoms with Crippen LogP contribution in [-0.2, 0) is 17.6 Å². The standard InChI is InChI=1S/C22H21NO3/c1-15(8-10-18-6-4-12-25-18)23-21(24)13-17-14-26-20-11-9-16-5-2-3-7-19(16)22(17)20/h2-7,9,11-12,14-15H,8,10,13H2,1H3,(H,23,24)/t15-/m1/s1. The van der Waals surface area contributed by atoms with E-state index >= 15 is 0 Å². The molecule has 1 N–H and O–H groups in total. The van der Waals surface area contributed by atoms with Gasteiger partial charge in [-0.2, -0.15) is 0 Å². The normalized spacial score (nSPS) is 12.5. The van der Waals surface area contributed by atoms with Gasteiger partial charge in [-0.25, -0.2) is 0 Å². The molecule has 0 fully saturated rings. The highest BCUT2D eigenvalue weighted by atomic mass is 16.3. The van der Waals surface area contributed by atoms with Crippen LogP contribution in [0.1, 0.15) is 24.7 Å². The molecular weight excluding hydrogens is 326 g/mol. The molecule has 1 atom stereocenters. The molecule has 0 saturated heterocycles. The molecule has 0 aliphatic rings. The van der Waals surface area contributed by atoms with Gasteiger partial charge in [-0.15, -0.1) is 0 Å². The Morgan fingerprint density at radius 3 is 2.81 bits per heavy atom. The quantitative estimate of drug-likeness (QED) is 0.542. The average Bonchev–Trinajstić information content (AvgIpc) is 3.30. The van der Waals surface area contributed by atoms with Crippen LogP contribution in [-0.4, -0.2) is 11.9 Å². The maximum absolute atomic E-state index is 12.5. The highest BCUT2D eigenvalue weighted by Crippen LogP contribution is 2.30. The molecule has 2 aromatic carbocycles. The zero-order valence-corrected chi connectivity index (χ0v) is 14.7. The van der Waals surface area contributed by atoms with Gasteiger partial charge in [0.05, 0.1) is 18.9 Å². The summed E-state index contributed by atoms with van der Waals surface area (Å²) in [7, 11) is 0. The van der Waals surface area contributed by atoms with Gasteiger partial charge < -0.3 is 14.2 Å². The minimum atomic E-state index is 0.00702. The Hall–Kier alpha value is -3.01. The van der Waals surface area contributed by atoms with Crippen molar-refractivity contribution in [3.05, 3.63) is 72.4 Å². The maximum atomic E-state index is 12.5. The van der Waals surface area contributed by atoms with Gasteiger partial charge in [0.15, 0.2) is 0 Å². The van der Waals surface area contributed by atoms with Crippen LogP contribution in [0.4, 0.5) is 0 Å². The first-order valence-corrected chi connectivity index (χ1v) is 8.90. The molecule has 0 bridgehead atoms. The van der Waals surface area contributed by atoms with Gasteiger partial charge in [0.25, 0.3) is 0 Å². The van der Waals surface area contributed by atoms with Crippen LogP contribution in [0.5, 0.6) is 0 Å². The molecule has 4 rings (SSSR count). The first-order chi connectivity index (χ1) is 12.7. The molecule has 0 aliphatic heterocycles. The second-order valence-corrected chi connectivity index (χ2v) is 6.68. The van der Waals surface area contributed by atoms with Gasteiger partial charge in [0.2, 0.25) is 5.91 Å². The summed E-state index contributed by atoms with van der Waals surface area (Å²) in [6.07, 6.45) is 5.34. The molecule has 0 radical (unpaired) electrons. The lowest BCUT2D eigenvalue weighted by Gasteiger charge is -2.13. The predicted molar refractivity (Wildman–Crippen MR) is 102 cm³/mol. The molecule has 2 heterocycles. The lowest BCUT2D eigenvalue weighted by atomic mass is 10.0. The van der Waals surface area contributed by atoms with E-state index in [1.165, 1.54) is 0 Å². The topological polar surface area (TPSA) is 55.4 Å². The summed E-state index contributed by atoms with van der Waals surface area (Å²) in [6, 6.07) is 16.1. The zero-order chi connectivity index (χ0) is 17.9. The maximum Gasteiger partial charge on any atom is 0.224 e. The van der Waals surface area contributed by atoms with Crippen molar-refractivity contribution in [3.63, 3.8) is 0 Å². The van der Waals surface area contributed by atoms with E-state index in [9.17, 15) is 4.79 Å². The number of amides is 1. The number of rotatable bonds is 6. The fourth-order valence-corrected chi connectivity index (χ4v) is 3.39. The largest absolute Gasteiger partial charge is 0.469 e. The Balaban J connectivity index is 1.46. The first-order valence-electron chi connectivity index (χ1n) is 8.90. The number of fused-ring (bicyclic) bond motifs is 3. The van der Waals surface area contributed by atoms with Gasteiger partial charge in [-0.1, -0.05) is 30.3 Å². The predicted octanol–water partition coefficient (Wildman–Crippen LogP) is 4.86. The number of hydrogen-bond donors (Lipinski definition) is 1. The van der Waals surface area contributed by atoms with E-state index in [0.29, 0.717) is 6.42 Å². The Bertz CT molecular complexity index is 1030. The van der Waals surface area contributed by atoms with E-state index in [2.05, 4.69) is 17.4 Å².